The molecule has 1 atom stereocenters. The molecule has 1 saturated heterocycles. The van der Waals surface area contributed by atoms with Gasteiger partial charge >= 0.3 is 0 Å². The fourth-order valence-electron chi connectivity index (χ4n) is 2.82. The van der Waals surface area contributed by atoms with Gasteiger partial charge in [0.2, 0.25) is 5.91 Å². The molecule has 22 heavy (non-hydrogen) atoms. The predicted molar refractivity (Wildman–Crippen MR) is 86.7 cm³/mol. The number of nitrogens with zero attached hydrogens (tertiary/aromatic N) is 1. The Kier molecular flexibility index (Phi) is 4.29. The van der Waals surface area contributed by atoms with Crippen molar-refractivity contribution in [1.29, 1.82) is 0 Å². The van der Waals surface area contributed by atoms with Crippen LogP contribution in [0.25, 0.3) is 0 Å². The molecule has 0 spiro atoms. The van der Waals surface area contributed by atoms with Crippen LogP contribution in [0.4, 0.5) is 5.69 Å². The molecule has 1 aliphatic heterocycles. The summed E-state index contributed by atoms with van der Waals surface area (Å²) in [5.74, 6) is 2.11. The number of hydrogen-bond acceptors (Lipinski definition) is 3. The zero-order valence-electron chi connectivity index (χ0n) is 13.1. The van der Waals surface area contributed by atoms with E-state index in [4.69, 9.17) is 4.42 Å². The number of benzene rings is 1. The average Bonchev–Trinajstić information content (AvgIpc) is 3.13. The van der Waals surface area contributed by atoms with E-state index >= 15 is 0 Å². The number of hydrogen-bond donors (Lipinski definition) is 1. The second-order valence-corrected chi connectivity index (χ2v) is 5.86. The molecule has 0 bridgehead atoms. The van der Waals surface area contributed by atoms with Gasteiger partial charge in [0.1, 0.15) is 11.5 Å². The summed E-state index contributed by atoms with van der Waals surface area (Å²) in [4.78, 5) is 13.6. The van der Waals surface area contributed by atoms with E-state index in [0.29, 0.717) is 13.0 Å². The number of aryl methyl sites for hydroxylation is 1. The Morgan fingerprint density at radius 3 is 2.59 bits per heavy atom. The van der Waals surface area contributed by atoms with E-state index in [0.717, 1.165) is 30.2 Å². The highest BCUT2D eigenvalue weighted by Gasteiger charge is 2.21. The van der Waals surface area contributed by atoms with Crippen molar-refractivity contribution in [2.45, 2.75) is 39.3 Å². The number of nitrogens with one attached hydrogen (secondary N) is 1. The Morgan fingerprint density at radius 1 is 1.23 bits per heavy atom. The number of amides is 1. The summed E-state index contributed by atoms with van der Waals surface area (Å²) in [5.41, 5.74) is 2.21. The largest absolute Gasteiger partial charge is 0.465 e. The lowest BCUT2D eigenvalue weighted by Crippen LogP contribution is -2.23. The van der Waals surface area contributed by atoms with E-state index in [1.54, 1.807) is 0 Å². The van der Waals surface area contributed by atoms with E-state index in [1.807, 2.05) is 36.1 Å². The smallest absolute Gasteiger partial charge is 0.227 e. The number of carbonyl (C=O) groups is 1. The molecule has 0 radical (unpaired) electrons. The van der Waals surface area contributed by atoms with E-state index in [-0.39, 0.29) is 11.9 Å². The van der Waals surface area contributed by atoms with Crippen molar-refractivity contribution in [2.75, 3.05) is 11.4 Å². The molecule has 1 aromatic heterocycles. The lowest BCUT2D eigenvalue weighted by atomic mass is 10.1. The zero-order valence-corrected chi connectivity index (χ0v) is 13.1. The highest BCUT2D eigenvalue weighted by atomic mass is 16.3. The number of rotatable bonds is 5. The van der Waals surface area contributed by atoms with Gasteiger partial charge in [-0.3, -0.25) is 4.79 Å². The molecule has 1 N–H and O–H groups in total. The summed E-state index contributed by atoms with van der Waals surface area (Å²) in [5, 5.41) is 3.45. The van der Waals surface area contributed by atoms with Crippen LogP contribution in [0.5, 0.6) is 0 Å². The van der Waals surface area contributed by atoms with Crippen LogP contribution < -0.4 is 10.2 Å². The molecule has 116 valence electrons. The van der Waals surface area contributed by atoms with Crippen LogP contribution in [-0.4, -0.2) is 12.5 Å². The van der Waals surface area contributed by atoms with Crippen LogP contribution in [0.15, 0.2) is 40.8 Å². The van der Waals surface area contributed by atoms with E-state index < -0.39 is 0 Å². The summed E-state index contributed by atoms with van der Waals surface area (Å²) in [7, 11) is 0. The highest BCUT2D eigenvalue weighted by molar-refractivity contribution is 5.95. The van der Waals surface area contributed by atoms with Crippen LogP contribution in [0, 0.1) is 6.92 Å². The van der Waals surface area contributed by atoms with Gasteiger partial charge in [-0.05, 0) is 50.1 Å². The fraction of sp³-hybridized carbons (Fsp3) is 0.389. The molecule has 4 nitrogen and oxygen atoms in total. The van der Waals surface area contributed by atoms with E-state index in [9.17, 15) is 4.79 Å². The summed E-state index contributed by atoms with van der Waals surface area (Å²) in [6.07, 6.45) is 1.63. The lowest BCUT2D eigenvalue weighted by molar-refractivity contribution is -0.117. The van der Waals surface area contributed by atoms with Gasteiger partial charge in [-0.2, -0.15) is 0 Å². The maximum atomic E-state index is 11.8. The molecule has 0 unspecified atom stereocenters. The van der Waals surface area contributed by atoms with Crippen molar-refractivity contribution in [2.24, 2.45) is 0 Å². The molecule has 2 aromatic rings. The van der Waals surface area contributed by atoms with Crippen molar-refractivity contribution < 1.29 is 9.21 Å². The first kappa shape index (κ1) is 14.9. The minimum atomic E-state index is 0.229. The molecular weight excluding hydrogens is 276 g/mol. The van der Waals surface area contributed by atoms with Crippen molar-refractivity contribution in [3.8, 4) is 0 Å². The van der Waals surface area contributed by atoms with Gasteiger partial charge in [-0.15, -0.1) is 0 Å². The van der Waals surface area contributed by atoms with Gasteiger partial charge in [-0.25, -0.2) is 0 Å². The van der Waals surface area contributed by atoms with Crippen LogP contribution >= 0.6 is 0 Å². The Balaban J connectivity index is 1.60. The van der Waals surface area contributed by atoms with Crippen LogP contribution in [-0.2, 0) is 11.3 Å². The van der Waals surface area contributed by atoms with Crippen LogP contribution in [0.1, 0.15) is 42.9 Å². The first-order valence-corrected chi connectivity index (χ1v) is 7.82. The number of anilines is 1. The first-order valence-electron chi connectivity index (χ1n) is 7.82. The summed E-state index contributed by atoms with van der Waals surface area (Å²) in [6, 6.07) is 12.5. The van der Waals surface area contributed by atoms with Gasteiger partial charge < -0.3 is 14.6 Å². The normalized spacial score (nSPS) is 16.3. The Bertz CT molecular complexity index is 645. The third-order valence-electron chi connectivity index (χ3n) is 4.16. The van der Waals surface area contributed by atoms with Crippen molar-refractivity contribution >= 4 is 11.6 Å². The Morgan fingerprint density at radius 2 is 2.00 bits per heavy atom. The van der Waals surface area contributed by atoms with Gasteiger partial charge in [0.05, 0.1) is 6.54 Å². The second-order valence-electron chi connectivity index (χ2n) is 5.86. The highest BCUT2D eigenvalue weighted by Crippen LogP contribution is 2.23. The van der Waals surface area contributed by atoms with Crippen molar-refractivity contribution in [3.05, 3.63) is 53.5 Å². The van der Waals surface area contributed by atoms with E-state index in [2.05, 4.69) is 24.4 Å². The molecule has 1 aromatic carbocycles. The van der Waals surface area contributed by atoms with Crippen LogP contribution in [0.3, 0.4) is 0 Å². The standard InChI is InChI=1S/C18H22N2O2/c1-13-5-10-17(22-13)12-19-14(2)15-6-8-16(9-7-15)20-11-3-4-18(20)21/h5-10,14,19H,3-4,11-12H2,1-2H3/t14-/m0/s1. The molecule has 1 fully saturated rings. The molecule has 2 heterocycles. The van der Waals surface area contributed by atoms with E-state index in [1.165, 1.54) is 5.56 Å². The summed E-state index contributed by atoms with van der Waals surface area (Å²) in [6.45, 7) is 5.63. The molecule has 0 aliphatic carbocycles. The van der Waals surface area contributed by atoms with Gasteiger partial charge in [0, 0.05) is 24.7 Å². The third kappa shape index (κ3) is 3.22. The summed E-state index contributed by atoms with van der Waals surface area (Å²) >= 11 is 0. The minimum absolute atomic E-state index is 0.229. The minimum Gasteiger partial charge on any atom is -0.465 e. The molecule has 3 rings (SSSR count). The van der Waals surface area contributed by atoms with Crippen molar-refractivity contribution in [1.82, 2.24) is 5.32 Å². The number of carbonyl (C=O) groups excluding carboxylic acids is 1. The molecule has 1 amide bonds. The molecule has 4 heteroatoms. The van der Waals surface area contributed by atoms with Gasteiger partial charge in [0.15, 0.2) is 0 Å². The maximum absolute atomic E-state index is 11.8. The predicted octanol–water partition coefficient (Wildman–Crippen LogP) is 3.57. The quantitative estimate of drug-likeness (QED) is 0.918. The molecular formula is C18H22N2O2. The van der Waals surface area contributed by atoms with Crippen molar-refractivity contribution in [3.63, 3.8) is 0 Å². The monoisotopic (exact) mass is 298 g/mol. The Hall–Kier alpha value is -2.07. The topological polar surface area (TPSA) is 45.5 Å². The average molecular weight is 298 g/mol. The lowest BCUT2D eigenvalue weighted by Gasteiger charge is -2.18. The Labute approximate surface area is 131 Å². The zero-order chi connectivity index (χ0) is 15.5. The van der Waals surface area contributed by atoms with Gasteiger partial charge in [0.25, 0.3) is 0 Å². The molecule has 0 saturated carbocycles. The first-order chi connectivity index (χ1) is 10.6. The maximum Gasteiger partial charge on any atom is 0.227 e. The van der Waals surface area contributed by atoms with Gasteiger partial charge in [-0.1, -0.05) is 12.1 Å². The van der Waals surface area contributed by atoms with Crippen LogP contribution in [0.2, 0.25) is 0 Å². The fourth-order valence-corrected chi connectivity index (χ4v) is 2.82. The number of furan rings is 1. The second kappa shape index (κ2) is 6.36. The third-order valence-corrected chi connectivity index (χ3v) is 4.16. The SMILES string of the molecule is Cc1ccc(CN[C@@H](C)c2ccc(N3CCCC3=O)cc2)o1. The summed E-state index contributed by atoms with van der Waals surface area (Å²) < 4.78 is 5.56. The molecule has 1 aliphatic rings.